The maximum absolute atomic E-state index is 8.87. The third-order valence-corrected chi connectivity index (χ3v) is 3.49. The number of aromatic nitrogens is 1. The molecule has 0 atom stereocenters. The zero-order valence-corrected chi connectivity index (χ0v) is 8.92. The molecule has 1 rings (SSSR count). The maximum Gasteiger partial charge on any atom is 0.103 e. The molecule has 0 saturated carbocycles. The molecule has 0 aromatic carbocycles. The summed E-state index contributed by atoms with van der Waals surface area (Å²) in [6.07, 6.45) is 1.97. The summed E-state index contributed by atoms with van der Waals surface area (Å²) in [6.45, 7) is 4.11. The Hall–Kier alpha value is -0.530. The van der Waals surface area contributed by atoms with E-state index in [2.05, 4.69) is 24.3 Å². The molecule has 0 bridgehead atoms. The minimum Gasteiger partial charge on any atom is -0.195 e. The number of rotatable bonds is 2. The van der Waals surface area contributed by atoms with Crippen molar-refractivity contribution in [1.82, 2.24) is 4.37 Å². The average molecular weight is 198 g/mol. The minimum absolute atomic E-state index is 0.344. The van der Waals surface area contributed by atoms with Crippen molar-refractivity contribution in [2.75, 3.05) is 6.26 Å². The third-order valence-electron chi connectivity index (χ3n) is 1.53. The summed E-state index contributed by atoms with van der Waals surface area (Å²) < 4.78 is 5.28. The molecule has 0 aliphatic carbocycles. The van der Waals surface area contributed by atoms with Gasteiger partial charge < -0.3 is 0 Å². The SMILES string of the molecule is CSc1snc(C(C)C)c1C#N. The highest BCUT2D eigenvalue weighted by molar-refractivity contribution is 8.00. The summed E-state index contributed by atoms with van der Waals surface area (Å²) in [5.41, 5.74) is 1.70. The molecule has 0 unspecified atom stereocenters. The predicted molar refractivity (Wildman–Crippen MR) is 52.7 cm³/mol. The van der Waals surface area contributed by atoms with E-state index < -0.39 is 0 Å². The first-order valence-electron chi connectivity index (χ1n) is 3.64. The van der Waals surface area contributed by atoms with E-state index in [4.69, 9.17) is 5.26 Å². The zero-order chi connectivity index (χ0) is 9.14. The monoisotopic (exact) mass is 198 g/mol. The van der Waals surface area contributed by atoms with Gasteiger partial charge in [0.05, 0.1) is 15.5 Å². The van der Waals surface area contributed by atoms with Gasteiger partial charge in [-0.15, -0.1) is 11.8 Å². The molecule has 0 amide bonds. The zero-order valence-electron chi connectivity index (χ0n) is 7.29. The second-order valence-electron chi connectivity index (χ2n) is 2.70. The Balaban J connectivity index is 3.16. The first kappa shape index (κ1) is 9.56. The molecule has 0 spiro atoms. The third kappa shape index (κ3) is 1.62. The second kappa shape index (κ2) is 3.92. The summed E-state index contributed by atoms with van der Waals surface area (Å²) in [5, 5.41) is 8.87. The molecule has 64 valence electrons. The summed E-state index contributed by atoms with van der Waals surface area (Å²) in [4.78, 5) is 0. The van der Waals surface area contributed by atoms with Gasteiger partial charge in [-0.2, -0.15) is 9.64 Å². The van der Waals surface area contributed by atoms with Gasteiger partial charge in [0.25, 0.3) is 0 Å². The molecule has 1 heterocycles. The fourth-order valence-electron chi connectivity index (χ4n) is 0.923. The van der Waals surface area contributed by atoms with E-state index in [1.165, 1.54) is 11.5 Å². The number of hydrogen-bond acceptors (Lipinski definition) is 4. The van der Waals surface area contributed by atoms with Crippen LogP contribution in [0.25, 0.3) is 0 Å². The van der Waals surface area contributed by atoms with E-state index in [0.29, 0.717) is 5.92 Å². The normalized spacial score (nSPS) is 10.2. The van der Waals surface area contributed by atoms with E-state index in [1.54, 1.807) is 11.8 Å². The van der Waals surface area contributed by atoms with Gasteiger partial charge in [0.2, 0.25) is 0 Å². The van der Waals surface area contributed by atoms with Gasteiger partial charge in [0.15, 0.2) is 0 Å². The van der Waals surface area contributed by atoms with E-state index >= 15 is 0 Å². The summed E-state index contributed by atoms with van der Waals surface area (Å²) in [7, 11) is 0. The van der Waals surface area contributed by atoms with Gasteiger partial charge in [-0.3, -0.25) is 0 Å². The van der Waals surface area contributed by atoms with Gasteiger partial charge in [-0.25, -0.2) is 0 Å². The van der Waals surface area contributed by atoms with Crippen molar-refractivity contribution < 1.29 is 0 Å². The first-order valence-corrected chi connectivity index (χ1v) is 5.64. The second-order valence-corrected chi connectivity index (χ2v) is 4.55. The van der Waals surface area contributed by atoms with Crippen LogP contribution in [0.2, 0.25) is 0 Å². The molecule has 12 heavy (non-hydrogen) atoms. The Morgan fingerprint density at radius 2 is 2.25 bits per heavy atom. The van der Waals surface area contributed by atoms with Crippen molar-refractivity contribution in [2.24, 2.45) is 0 Å². The van der Waals surface area contributed by atoms with Crippen molar-refractivity contribution in [3.8, 4) is 6.07 Å². The lowest BCUT2D eigenvalue weighted by Gasteiger charge is -1.98. The average Bonchev–Trinajstić information content (AvgIpc) is 2.46. The van der Waals surface area contributed by atoms with Crippen LogP contribution >= 0.6 is 23.3 Å². The van der Waals surface area contributed by atoms with Crippen LogP contribution in [0.15, 0.2) is 4.21 Å². The molecule has 0 saturated heterocycles. The molecule has 0 aliphatic rings. The molecule has 0 aliphatic heterocycles. The number of hydrogen-bond donors (Lipinski definition) is 0. The molecular weight excluding hydrogens is 188 g/mol. The molecule has 2 nitrogen and oxygen atoms in total. The highest BCUT2D eigenvalue weighted by Gasteiger charge is 2.14. The largest absolute Gasteiger partial charge is 0.195 e. The van der Waals surface area contributed by atoms with Gasteiger partial charge in [-0.05, 0) is 23.7 Å². The summed E-state index contributed by atoms with van der Waals surface area (Å²) in [5.74, 6) is 0.344. The van der Waals surface area contributed by atoms with Crippen LogP contribution in [0, 0.1) is 11.3 Å². The highest BCUT2D eigenvalue weighted by atomic mass is 32.2. The van der Waals surface area contributed by atoms with Crippen molar-refractivity contribution >= 4 is 23.3 Å². The lowest BCUT2D eigenvalue weighted by atomic mass is 10.1. The van der Waals surface area contributed by atoms with Crippen molar-refractivity contribution in [3.05, 3.63) is 11.3 Å². The fraction of sp³-hybridized carbons (Fsp3) is 0.500. The lowest BCUT2D eigenvalue weighted by Crippen LogP contribution is -1.90. The van der Waals surface area contributed by atoms with Gasteiger partial charge in [0.1, 0.15) is 6.07 Å². The number of nitrogens with zero attached hydrogens (tertiary/aromatic N) is 2. The molecule has 0 radical (unpaired) electrons. The first-order chi connectivity index (χ1) is 5.70. The lowest BCUT2D eigenvalue weighted by molar-refractivity contribution is 0.835. The predicted octanol–water partition coefficient (Wildman–Crippen LogP) is 2.86. The van der Waals surface area contributed by atoms with Crippen LogP contribution in [-0.4, -0.2) is 10.6 Å². The van der Waals surface area contributed by atoms with Crippen LogP contribution in [0.1, 0.15) is 31.0 Å². The van der Waals surface area contributed by atoms with Gasteiger partial charge in [-0.1, -0.05) is 13.8 Å². The van der Waals surface area contributed by atoms with Crippen molar-refractivity contribution in [1.29, 1.82) is 5.26 Å². The molecule has 4 heteroatoms. The number of thioether (sulfide) groups is 1. The smallest absolute Gasteiger partial charge is 0.103 e. The standard InChI is InChI=1S/C8H10N2S2/c1-5(2)7-6(4-9)8(11-3)12-10-7/h5H,1-3H3. The van der Waals surface area contributed by atoms with Crippen molar-refractivity contribution in [2.45, 2.75) is 24.0 Å². The Morgan fingerprint density at radius 1 is 1.58 bits per heavy atom. The Kier molecular flexibility index (Phi) is 3.12. The van der Waals surface area contributed by atoms with Crippen LogP contribution in [0.4, 0.5) is 0 Å². The maximum atomic E-state index is 8.87. The molecular formula is C8H10N2S2. The Bertz CT molecular complexity index is 309. The molecule has 0 fully saturated rings. The quantitative estimate of drug-likeness (QED) is 0.686. The van der Waals surface area contributed by atoms with Crippen LogP contribution in [0.5, 0.6) is 0 Å². The summed E-state index contributed by atoms with van der Waals surface area (Å²) >= 11 is 3.01. The van der Waals surface area contributed by atoms with Gasteiger partial charge >= 0.3 is 0 Å². The van der Waals surface area contributed by atoms with Crippen LogP contribution in [0.3, 0.4) is 0 Å². The van der Waals surface area contributed by atoms with Crippen LogP contribution < -0.4 is 0 Å². The van der Waals surface area contributed by atoms with Crippen molar-refractivity contribution in [3.63, 3.8) is 0 Å². The summed E-state index contributed by atoms with van der Waals surface area (Å²) in [6, 6.07) is 2.20. The molecule has 0 N–H and O–H groups in total. The van der Waals surface area contributed by atoms with Gasteiger partial charge in [0, 0.05) is 0 Å². The number of nitriles is 1. The Morgan fingerprint density at radius 3 is 2.67 bits per heavy atom. The Labute approximate surface area is 80.8 Å². The van der Waals surface area contributed by atoms with E-state index in [0.717, 1.165) is 15.5 Å². The molecule has 1 aromatic rings. The van der Waals surface area contributed by atoms with E-state index in [-0.39, 0.29) is 0 Å². The highest BCUT2D eigenvalue weighted by Crippen LogP contribution is 2.30. The van der Waals surface area contributed by atoms with E-state index in [1.807, 2.05) is 6.26 Å². The molecule has 1 aromatic heterocycles. The van der Waals surface area contributed by atoms with E-state index in [9.17, 15) is 0 Å². The van der Waals surface area contributed by atoms with Crippen LogP contribution in [-0.2, 0) is 0 Å². The topological polar surface area (TPSA) is 36.7 Å². The minimum atomic E-state index is 0.344. The fourth-order valence-corrected chi connectivity index (χ4v) is 2.41.